The first-order valence-electron chi connectivity index (χ1n) is 7.01. The molecule has 0 radical (unpaired) electrons. The number of hydrogen-bond donors (Lipinski definition) is 3. The molecule has 1 aliphatic rings. The highest BCUT2D eigenvalue weighted by atomic mass is 32.2. The van der Waals surface area contributed by atoms with E-state index in [0.29, 0.717) is 6.54 Å². The summed E-state index contributed by atoms with van der Waals surface area (Å²) in [5.74, 6) is -1.02. The summed E-state index contributed by atoms with van der Waals surface area (Å²) >= 11 is 0. The van der Waals surface area contributed by atoms with Gasteiger partial charge in [0, 0.05) is 12.6 Å². The van der Waals surface area contributed by atoms with Crippen molar-refractivity contribution in [2.75, 3.05) is 19.6 Å². The Morgan fingerprint density at radius 3 is 2.50 bits per heavy atom. The van der Waals surface area contributed by atoms with Gasteiger partial charge in [0.2, 0.25) is 15.9 Å². The van der Waals surface area contributed by atoms with E-state index in [9.17, 15) is 26.4 Å². The van der Waals surface area contributed by atoms with Crippen molar-refractivity contribution in [2.45, 2.75) is 23.7 Å². The van der Waals surface area contributed by atoms with Crippen LogP contribution in [0.3, 0.4) is 0 Å². The molecule has 1 fully saturated rings. The van der Waals surface area contributed by atoms with E-state index in [1.165, 1.54) is 0 Å². The van der Waals surface area contributed by atoms with Gasteiger partial charge in [-0.15, -0.1) is 13.2 Å². The lowest BCUT2D eigenvalue weighted by Gasteiger charge is -2.12. The molecule has 0 bridgehead atoms. The zero-order chi connectivity index (χ0) is 17.8. The summed E-state index contributed by atoms with van der Waals surface area (Å²) in [4.78, 5) is 11.4. The summed E-state index contributed by atoms with van der Waals surface area (Å²) in [7, 11) is -4.01. The molecule has 24 heavy (non-hydrogen) atoms. The lowest BCUT2D eigenvalue weighted by Crippen LogP contribution is -2.42. The van der Waals surface area contributed by atoms with Crippen molar-refractivity contribution >= 4 is 15.9 Å². The van der Waals surface area contributed by atoms with Crippen LogP contribution in [0.25, 0.3) is 0 Å². The number of carbonyl (C=O) groups excluding carboxylic acids is 1. The summed E-state index contributed by atoms with van der Waals surface area (Å²) in [6.45, 7) is 0.946. The molecule has 0 spiro atoms. The summed E-state index contributed by atoms with van der Waals surface area (Å²) in [5, 5.41) is 5.72. The Morgan fingerprint density at radius 1 is 1.29 bits per heavy atom. The molecule has 1 atom stereocenters. The van der Waals surface area contributed by atoms with Gasteiger partial charge in [-0.25, -0.2) is 13.1 Å². The molecule has 1 aliphatic heterocycles. The van der Waals surface area contributed by atoms with Gasteiger partial charge in [-0.05, 0) is 37.2 Å². The number of halogens is 3. The molecule has 7 nitrogen and oxygen atoms in total. The van der Waals surface area contributed by atoms with Crippen molar-refractivity contribution in [2.24, 2.45) is 0 Å². The van der Waals surface area contributed by atoms with Gasteiger partial charge >= 0.3 is 6.36 Å². The molecular weight excluding hydrogens is 351 g/mol. The van der Waals surface area contributed by atoms with Crippen LogP contribution < -0.4 is 20.1 Å². The van der Waals surface area contributed by atoms with Gasteiger partial charge in [-0.1, -0.05) is 0 Å². The van der Waals surface area contributed by atoms with E-state index in [1.807, 2.05) is 0 Å². The molecule has 1 saturated heterocycles. The van der Waals surface area contributed by atoms with Crippen LogP contribution in [0.4, 0.5) is 13.2 Å². The Labute approximate surface area is 136 Å². The predicted molar refractivity (Wildman–Crippen MR) is 77.7 cm³/mol. The first-order valence-corrected chi connectivity index (χ1v) is 8.49. The Bertz CT molecular complexity index is 671. The molecule has 1 aromatic carbocycles. The number of amides is 1. The topological polar surface area (TPSA) is 96.5 Å². The van der Waals surface area contributed by atoms with Crippen LogP contribution in [0.1, 0.15) is 6.42 Å². The van der Waals surface area contributed by atoms with Gasteiger partial charge in [-0.2, -0.15) is 0 Å². The highest BCUT2D eigenvalue weighted by molar-refractivity contribution is 7.89. The number of sulfonamides is 1. The average molecular weight is 367 g/mol. The minimum Gasteiger partial charge on any atom is -0.406 e. The van der Waals surface area contributed by atoms with E-state index >= 15 is 0 Å². The van der Waals surface area contributed by atoms with Crippen LogP contribution in [0.15, 0.2) is 29.2 Å². The van der Waals surface area contributed by atoms with Crippen molar-refractivity contribution in [1.82, 2.24) is 15.4 Å². The summed E-state index contributed by atoms with van der Waals surface area (Å²) in [6, 6.07) is 3.64. The lowest BCUT2D eigenvalue weighted by molar-refractivity contribution is -0.274. The summed E-state index contributed by atoms with van der Waals surface area (Å²) < 4.78 is 65.9. The first kappa shape index (κ1) is 18.5. The van der Waals surface area contributed by atoms with Gasteiger partial charge in [0.05, 0.1) is 11.4 Å². The number of hydrogen-bond acceptors (Lipinski definition) is 5. The van der Waals surface area contributed by atoms with E-state index in [4.69, 9.17) is 0 Å². The number of rotatable bonds is 6. The zero-order valence-corrected chi connectivity index (χ0v) is 13.2. The Balaban J connectivity index is 1.90. The van der Waals surface area contributed by atoms with Crippen molar-refractivity contribution in [3.8, 4) is 5.75 Å². The molecule has 134 valence electrons. The third-order valence-corrected chi connectivity index (χ3v) is 4.63. The molecule has 2 rings (SSSR count). The van der Waals surface area contributed by atoms with Gasteiger partial charge in [-0.3, -0.25) is 4.79 Å². The largest absolute Gasteiger partial charge is 0.573 e. The van der Waals surface area contributed by atoms with Crippen molar-refractivity contribution in [3.63, 3.8) is 0 Å². The monoisotopic (exact) mass is 367 g/mol. The third-order valence-electron chi connectivity index (χ3n) is 3.22. The fourth-order valence-corrected chi connectivity index (χ4v) is 3.10. The average Bonchev–Trinajstić information content (AvgIpc) is 2.97. The fraction of sp³-hybridized carbons (Fsp3) is 0.462. The molecule has 3 N–H and O–H groups in total. The molecule has 0 aromatic heterocycles. The summed E-state index contributed by atoms with van der Waals surface area (Å²) in [5.41, 5.74) is 0. The molecule has 1 heterocycles. The Kier molecular flexibility index (Phi) is 5.67. The SMILES string of the molecule is O=C(CNS(=O)(=O)c1ccc(OC(F)(F)F)cc1)NC1CCNC1. The maximum Gasteiger partial charge on any atom is 0.573 e. The minimum atomic E-state index is -4.86. The van der Waals surface area contributed by atoms with Crippen LogP contribution >= 0.6 is 0 Å². The van der Waals surface area contributed by atoms with E-state index in [2.05, 4.69) is 20.1 Å². The molecule has 1 amide bonds. The number of benzene rings is 1. The second kappa shape index (κ2) is 7.36. The van der Waals surface area contributed by atoms with Crippen molar-refractivity contribution in [3.05, 3.63) is 24.3 Å². The van der Waals surface area contributed by atoms with E-state index < -0.39 is 34.6 Å². The maximum absolute atomic E-state index is 12.1. The highest BCUT2D eigenvalue weighted by Gasteiger charge is 2.31. The minimum absolute atomic E-state index is 0.0409. The quantitative estimate of drug-likeness (QED) is 0.674. The molecule has 1 aromatic rings. The van der Waals surface area contributed by atoms with E-state index in [-0.39, 0.29) is 10.9 Å². The van der Waals surface area contributed by atoms with Crippen LogP contribution in [0.2, 0.25) is 0 Å². The van der Waals surface area contributed by atoms with Crippen LogP contribution in [0, 0.1) is 0 Å². The Hall–Kier alpha value is -1.85. The third kappa shape index (κ3) is 5.65. The second-order valence-corrected chi connectivity index (χ2v) is 6.87. The molecule has 0 saturated carbocycles. The number of alkyl halides is 3. The van der Waals surface area contributed by atoms with Gasteiger partial charge in [0.25, 0.3) is 0 Å². The van der Waals surface area contributed by atoms with Crippen LogP contribution in [-0.4, -0.2) is 46.4 Å². The molecular formula is C13H16F3N3O4S. The van der Waals surface area contributed by atoms with Gasteiger partial charge in [0.1, 0.15) is 5.75 Å². The molecule has 11 heteroatoms. The van der Waals surface area contributed by atoms with E-state index in [0.717, 1.165) is 37.2 Å². The maximum atomic E-state index is 12.1. The first-order chi connectivity index (χ1) is 11.2. The standard InChI is InChI=1S/C13H16F3N3O4S/c14-13(15,16)23-10-1-3-11(4-2-10)24(21,22)18-8-12(20)19-9-5-6-17-7-9/h1-4,9,17-18H,5-8H2,(H,19,20). The van der Waals surface area contributed by atoms with Crippen LogP contribution in [-0.2, 0) is 14.8 Å². The summed E-state index contributed by atoms with van der Waals surface area (Å²) in [6.07, 6.45) is -4.09. The normalized spacial score (nSPS) is 18.4. The smallest absolute Gasteiger partial charge is 0.406 e. The lowest BCUT2D eigenvalue weighted by atomic mass is 10.2. The molecule has 1 unspecified atom stereocenters. The van der Waals surface area contributed by atoms with Crippen LogP contribution in [0.5, 0.6) is 5.75 Å². The van der Waals surface area contributed by atoms with Crippen molar-refractivity contribution in [1.29, 1.82) is 0 Å². The number of ether oxygens (including phenoxy) is 1. The number of nitrogens with one attached hydrogen (secondary N) is 3. The van der Waals surface area contributed by atoms with Gasteiger partial charge in [0.15, 0.2) is 0 Å². The zero-order valence-electron chi connectivity index (χ0n) is 12.4. The predicted octanol–water partition coefficient (Wildman–Crippen LogP) is 0.342. The van der Waals surface area contributed by atoms with Gasteiger partial charge < -0.3 is 15.4 Å². The fourth-order valence-electron chi connectivity index (χ4n) is 2.12. The Morgan fingerprint density at radius 2 is 1.96 bits per heavy atom. The van der Waals surface area contributed by atoms with Crippen molar-refractivity contribution < 1.29 is 31.1 Å². The van der Waals surface area contributed by atoms with E-state index in [1.54, 1.807) is 0 Å². The second-order valence-electron chi connectivity index (χ2n) is 5.10. The highest BCUT2D eigenvalue weighted by Crippen LogP contribution is 2.23. The number of carbonyl (C=O) groups is 1. The molecule has 0 aliphatic carbocycles.